The van der Waals surface area contributed by atoms with Gasteiger partial charge in [-0.25, -0.2) is 0 Å². The summed E-state index contributed by atoms with van der Waals surface area (Å²) in [4.78, 5) is 18.1. The molecule has 0 atom stereocenters. The molecule has 1 aliphatic rings. The molecule has 1 aromatic heterocycles. The quantitative estimate of drug-likeness (QED) is 0.891. The molecule has 1 fully saturated rings. The number of halogens is 1. The van der Waals surface area contributed by atoms with Crippen LogP contribution in [-0.2, 0) is 0 Å². The highest BCUT2D eigenvalue weighted by Crippen LogP contribution is 2.24. The Morgan fingerprint density at radius 1 is 1.50 bits per heavy atom. The number of rotatable bonds is 2. The number of carbonyl (C=O) groups is 1. The second kappa shape index (κ2) is 5.24. The Morgan fingerprint density at radius 3 is 2.72 bits per heavy atom. The van der Waals surface area contributed by atoms with Crippen molar-refractivity contribution in [2.24, 2.45) is 0 Å². The molecular formula is C13H18ClN3O. The molecule has 0 saturated carbocycles. The summed E-state index contributed by atoms with van der Waals surface area (Å²) in [5, 5.41) is 3.74. The van der Waals surface area contributed by atoms with Crippen molar-refractivity contribution >= 4 is 17.5 Å². The lowest BCUT2D eigenvalue weighted by Crippen LogP contribution is -2.51. The molecule has 5 heteroatoms. The van der Waals surface area contributed by atoms with Crippen LogP contribution < -0.4 is 5.32 Å². The van der Waals surface area contributed by atoms with Gasteiger partial charge in [-0.15, -0.1) is 0 Å². The summed E-state index contributed by atoms with van der Waals surface area (Å²) in [7, 11) is 1.97. The largest absolute Gasteiger partial charge is 0.338 e. The van der Waals surface area contributed by atoms with Gasteiger partial charge < -0.3 is 10.2 Å². The summed E-state index contributed by atoms with van der Waals surface area (Å²) >= 11 is 6.00. The fourth-order valence-corrected chi connectivity index (χ4v) is 2.37. The lowest BCUT2D eigenvalue weighted by molar-refractivity contribution is 0.0662. The summed E-state index contributed by atoms with van der Waals surface area (Å²) in [5.74, 6) is 0.000512. The number of hydrogen-bond acceptors (Lipinski definition) is 3. The van der Waals surface area contributed by atoms with Gasteiger partial charge in [0.25, 0.3) is 5.91 Å². The molecule has 0 radical (unpaired) electrons. The summed E-state index contributed by atoms with van der Waals surface area (Å²) < 4.78 is 0. The molecule has 0 spiro atoms. The van der Waals surface area contributed by atoms with Crippen LogP contribution in [0.2, 0.25) is 5.02 Å². The molecule has 1 aliphatic heterocycles. The molecule has 0 bridgehead atoms. The minimum atomic E-state index is 0.000512. The first-order valence-corrected chi connectivity index (χ1v) is 6.51. The van der Waals surface area contributed by atoms with Crippen LogP contribution in [0.4, 0.5) is 0 Å². The maximum atomic E-state index is 12.3. The predicted molar refractivity (Wildman–Crippen MR) is 71.8 cm³/mol. The van der Waals surface area contributed by atoms with Crippen LogP contribution in [0.25, 0.3) is 0 Å². The van der Waals surface area contributed by atoms with Gasteiger partial charge in [0.1, 0.15) is 0 Å². The molecule has 1 aromatic rings. The Morgan fingerprint density at radius 2 is 2.17 bits per heavy atom. The van der Waals surface area contributed by atoms with Crippen molar-refractivity contribution in [1.82, 2.24) is 15.2 Å². The van der Waals surface area contributed by atoms with Crippen molar-refractivity contribution in [1.29, 1.82) is 0 Å². The smallest absolute Gasteiger partial charge is 0.255 e. The number of aromatic nitrogens is 1. The van der Waals surface area contributed by atoms with E-state index < -0.39 is 0 Å². The van der Waals surface area contributed by atoms with Crippen LogP contribution in [0.1, 0.15) is 30.1 Å². The van der Waals surface area contributed by atoms with Crippen molar-refractivity contribution in [2.75, 3.05) is 20.1 Å². The summed E-state index contributed by atoms with van der Waals surface area (Å²) in [6.45, 7) is 3.71. The Kier molecular flexibility index (Phi) is 3.88. The normalized spacial score (nSPS) is 18.7. The van der Waals surface area contributed by atoms with E-state index in [0.29, 0.717) is 10.6 Å². The van der Waals surface area contributed by atoms with Crippen LogP contribution >= 0.6 is 11.6 Å². The minimum absolute atomic E-state index is 0.000512. The van der Waals surface area contributed by atoms with E-state index in [1.807, 2.05) is 11.9 Å². The number of pyridine rings is 1. The number of piperidine rings is 1. The van der Waals surface area contributed by atoms with Gasteiger partial charge in [-0.3, -0.25) is 9.78 Å². The molecule has 0 aliphatic carbocycles. The number of amides is 1. The average Bonchev–Trinajstić information content (AvgIpc) is 2.39. The molecule has 1 saturated heterocycles. The number of carbonyl (C=O) groups excluding carboxylic acids is 1. The van der Waals surface area contributed by atoms with Gasteiger partial charge in [-0.05, 0) is 32.9 Å². The first-order chi connectivity index (χ1) is 8.56. The van der Waals surface area contributed by atoms with Gasteiger partial charge >= 0.3 is 0 Å². The lowest BCUT2D eigenvalue weighted by Gasteiger charge is -2.39. The third-order valence-electron chi connectivity index (χ3n) is 3.76. The molecule has 98 valence electrons. The maximum absolute atomic E-state index is 12.3. The van der Waals surface area contributed by atoms with Gasteiger partial charge in [-0.2, -0.15) is 0 Å². The van der Waals surface area contributed by atoms with Crippen LogP contribution in [-0.4, -0.2) is 41.5 Å². The number of nitrogens with one attached hydrogen (secondary N) is 1. The molecular weight excluding hydrogens is 250 g/mol. The zero-order valence-electron chi connectivity index (χ0n) is 10.7. The Balaban J connectivity index is 2.07. The summed E-state index contributed by atoms with van der Waals surface area (Å²) in [6.07, 6.45) is 5.02. The van der Waals surface area contributed by atoms with Crippen molar-refractivity contribution in [3.8, 4) is 0 Å². The summed E-state index contributed by atoms with van der Waals surface area (Å²) in [6, 6.07) is 1.68. The Hall–Kier alpha value is -1.13. The van der Waals surface area contributed by atoms with Gasteiger partial charge in [0.2, 0.25) is 0 Å². The Labute approximate surface area is 112 Å². The zero-order valence-corrected chi connectivity index (χ0v) is 11.5. The third kappa shape index (κ3) is 2.65. The highest BCUT2D eigenvalue weighted by Gasteiger charge is 2.31. The minimum Gasteiger partial charge on any atom is -0.338 e. The van der Waals surface area contributed by atoms with Crippen molar-refractivity contribution in [3.05, 3.63) is 29.0 Å². The van der Waals surface area contributed by atoms with Gasteiger partial charge in [0, 0.05) is 31.0 Å². The van der Waals surface area contributed by atoms with Crippen LogP contribution in [0.3, 0.4) is 0 Å². The number of nitrogens with zero attached hydrogens (tertiary/aromatic N) is 2. The van der Waals surface area contributed by atoms with Crippen molar-refractivity contribution in [3.63, 3.8) is 0 Å². The van der Waals surface area contributed by atoms with E-state index in [1.54, 1.807) is 12.3 Å². The highest BCUT2D eigenvalue weighted by molar-refractivity contribution is 6.33. The predicted octanol–water partition coefficient (Wildman–Crippen LogP) is 1.95. The summed E-state index contributed by atoms with van der Waals surface area (Å²) in [5.41, 5.74) is 0.679. The van der Waals surface area contributed by atoms with Gasteiger partial charge in [0.05, 0.1) is 10.6 Å². The molecule has 0 unspecified atom stereocenters. The highest BCUT2D eigenvalue weighted by atomic mass is 35.5. The van der Waals surface area contributed by atoms with E-state index in [0.717, 1.165) is 25.9 Å². The number of hydrogen-bond donors (Lipinski definition) is 1. The van der Waals surface area contributed by atoms with Crippen LogP contribution in [0.5, 0.6) is 0 Å². The van der Waals surface area contributed by atoms with Crippen LogP contribution in [0.15, 0.2) is 18.5 Å². The topological polar surface area (TPSA) is 45.2 Å². The standard InChI is InChI=1S/C13H18ClN3O/c1-13(15-2)4-7-17(8-5-13)12(18)10-3-6-16-9-11(10)14/h3,6,9,15H,4-5,7-8H2,1-2H3. The molecule has 2 heterocycles. The van der Waals surface area contributed by atoms with Crippen molar-refractivity contribution < 1.29 is 4.79 Å². The fourth-order valence-electron chi connectivity index (χ4n) is 2.17. The zero-order chi connectivity index (χ0) is 13.2. The second-order valence-electron chi connectivity index (χ2n) is 4.96. The molecule has 4 nitrogen and oxygen atoms in total. The average molecular weight is 268 g/mol. The van der Waals surface area contributed by atoms with Crippen molar-refractivity contribution in [2.45, 2.75) is 25.3 Å². The number of likely N-dealkylation sites (tertiary alicyclic amines) is 1. The molecule has 2 rings (SSSR count). The molecule has 1 amide bonds. The van der Waals surface area contributed by atoms with Crippen LogP contribution in [0, 0.1) is 0 Å². The van der Waals surface area contributed by atoms with Gasteiger partial charge in [0.15, 0.2) is 0 Å². The van der Waals surface area contributed by atoms with E-state index >= 15 is 0 Å². The van der Waals surface area contributed by atoms with E-state index in [4.69, 9.17) is 11.6 Å². The van der Waals surface area contributed by atoms with E-state index in [9.17, 15) is 4.79 Å². The molecule has 1 N–H and O–H groups in total. The maximum Gasteiger partial charge on any atom is 0.255 e. The fraction of sp³-hybridized carbons (Fsp3) is 0.538. The first-order valence-electron chi connectivity index (χ1n) is 6.13. The molecule has 18 heavy (non-hydrogen) atoms. The van der Waals surface area contributed by atoms with Gasteiger partial charge in [-0.1, -0.05) is 11.6 Å². The first kappa shape index (κ1) is 13.3. The molecule has 0 aromatic carbocycles. The van der Waals surface area contributed by atoms with E-state index in [2.05, 4.69) is 17.2 Å². The monoisotopic (exact) mass is 267 g/mol. The van der Waals surface area contributed by atoms with E-state index in [1.165, 1.54) is 6.20 Å². The SMILES string of the molecule is CNC1(C)CCN(C(=O)c2ccncc2Cl)CC1. The van der Waals surface area contributed by atoms with E-state index in [-0.39, 0.29) is 11.4 Å². The lowest BCUT2D eigenvalue weighted by atomic mass is 9.89. The third-order valence-corrected chi connectivity index (χ3v) is 4.06. The second-order valence-corrected chi connectivity index (χ2v) is 5.37. The Bertz CT molecular complexity index is 442.